The zero-order valence-corrected chi connectivity index (χ0v) is 23.9. The summed E-state index contributed by atoms with van der Waals surface area (Å²) in [6, 6.07) is 11.8. The molecule has 39 heavy (non-hydrogen) atoms. The fourth-order valence-electron chi connectivity index (χ4n) is 4.42. The molecule has 1 saturated heterocycles. The number of carbonyl (C=O) groups excluding carboxylic acids is 2. The highest BCUT2D eigenvalue weighted by Gasteiger charge is 2.28. The lowest BCUT2D eigenvalue weighted by molar-refractivity contribution is -0.140. The van der Waals surface area contributed by atoms with Crippen LogP contribution in [0.1, 0.15) is 57.6 Å². The van der Waals surface area contributed by atoms with E-state index in [0.29, 0.717) is 44.6 Å². The van der Waals surface area contributed by atoms with Gasteiger partial charge < -0.3 is 15.0 Å². The maximum absolute atomic E-state index is 13.4. The van der Waals surface area contributed by atoms with Crippen LogP contribution >= 0.6 is 0 Å². The number of rotatable bonds is 14. The molecule has 1 N–H and O–H groups in total. The minimum absolute atomic E-state index is 0.120. The van der Waals surface area contributed by atoms with Gasteiger partial charge in [-0.15, -0.1) is 0 Å². The number of benzene rings is 2. The molecule has 0 radical (unpaired) electrons. The number of hydrogen-bond acceptors (Lipinski definition) is 5. The van der Waals surface area contributed by atoms with Gasteiger partial charge in [0.15, 0.2) is 0 Å². The van der Waals surface area contributed by atoms with Gasteiger partial charge in [-0.3, -0.25) is 9.59 Å². The average molecular weight is 562 g/mol. The van der Waals surface area contributed by atoms with Gasteiger partial charge in [-0.25, -0.2) is 12.8 Å². The van der Waals surface area contributed by atoms with Crippen molar-refractivity contribution in [1.82, 2.24) is 14.5 Å². The lowest BCUT2D eigenvalue weighted by Gasteiger charge is -2.29. The van der Waals surface area contributed by atoms with Crippen molar-refractivity contribution in [2.45, 2.75) is 76.5 Å². The number of aryl methyl sites for hydroxylation is 1. The summed E-state index contributed by atoms with van der Waals surface area (Å²) >= 11 is 0. The van der Waals surface area contributed by atoms with Gasteiger partial charge in [0, 0.05) is 39.2 Å². The molecule has 1 aliphatic rings. The summed E-state index contributed by atoms with van der Waals surface area (Å²) in [5.41, 5.74) is 1.54. The fourth-order valence-corrected chi connectivity index (χ4v) is 5.94. The summed E-state index contributed by atoms with van der Waals surface area (Å²) in [6.07, 6.45) is 3.05. The first-order valence-corrected chi connectivity index (χ1v) is 15.0. The van der Waals surface area contributed by atoms with E-state index >= 15 is 0 Å². The van der Waals surface area contributed by atoms with Gasteiger partial charge in [0.25, 0.3) is 0 Å². The molecule has 0 bridgehead atoms. The monoisotopic (exact) mass is 561 g/mol. The quantitative estimate of drug-likeness (QED) is 0.353. The van der Waals surface area contributed by atoms with Crippen LogP contribution in [0, 0.1) is 5.82 Å². The molecule has 0 saturated carbocycles. The van der Waals surface area contributed by atoms with Crippen LogP contribution in [0.15, 0.2) is 53.4 Å². The Bertz CT molecular complexity index is 1180. The van der Waals surface area contributed by atoms with Gasteiger partial charge in [-0.05, 0) is 81.8 Å². The molecule has 0 aliphatic carbocycles. The van der Waals surface area contributed by atoms with Crippen LogP contribution in [0.5, 0.6) is 0 Å². The minimum atomic E-state index is -3.50. The average Bonchev–Trinajstić information content (AvgIpc) is 3.47. The Morgan fingerprint density at radius 2 is 1.62 bits per heavy atom. The van der Waals surface area contributed by atoms with E-state index in [9.17, 15) is 22.4 Å². The Labute approximate surface area is 231 Å². The van der Waals surface area contributed by atoms with Crippen LogP contribution in [0.25, 0.3) is 0 Å². The van der Waals surface area contributed by atoms with Gasteiger partial charge in [0.1, 0.15) is 11.9 Å². The normalized spacial score (nSPS) is 14.9. The number of sulfonamides is 1. The molecule has 2 aromatic rings. The van der Waals surface area contributed by atoms with Gasteiger partial charge in [-0.2, -0.15) is 4.31 Å². The van der Waals surface area contributed by atoms with Gasteiger partial charge in [0.05, 0.1) is 11.0 Å². The molecule has 3 rings (SSSR count). The lowest BCUT2D eigenvalue weighted by atomic mass is 10.1. The number of hydrogen-bond donors (Lipinski definition) is 1. The Hall–Kier alpha value is -2.82. The zero-order valence-electron chi connectivity index (χ0n) is 23.1. The molecule has 214 valence electrons. The third-order valence-electron chi connectivity index (χ3n) is 6.76. The first-order valence-electron chi connectivity index (χ1n) is 13.6. The fraction of sp³-hybridized carbons (Fsp3) is 0.517. The Morgan fingerprint density at radius 3 is 2.23 bits per heavy atom. The third-order valence-corrected chi connectivity index (χ3v) is 8.67. The summed E-state index contributed by atoms with van der Waals surface area (Å²) in [4.78, 5) is 28.0. The number of nitrogens with zero attached hydrogens (tertiary/aromatic N) is 2. The molecule has 8 nitrogen and oxygen atoms in total. The Kier molecular flexibility index (Phi) is 11.4. The largest absolute Gasteiger partial charge is 0.379 e. The number of nitrogens with one attached hydrogen (secondary N) is 1. The number of ether oxygens (including phenoxy) is 1. The molecule has 0 aromatic heterocycles. The molecule has 1 atom stereocenters. The van der Waals surface area contributed by atoms with E-state index < -0.39 is 16.1 Å². The standard InChI is InChI=1S/C29H40FN3O5S/c1-22(2)38-20-6-17-31-29(35)23(3)33(21-25-7-12-26(30)13-8-25)28(34)16-11-24-9-14-27(15-10-24)39(36,37)32-18-4-5-19-32/h7-10,12-15,22-23H,4-6,11,16-21H2,1-3H3,(H,31,35). The number of carbonyl (C=O) groups is 2. The van der Waals surface area contributed by atoms with Crippen LogP contribution in [0.3, 0.4) is 0 Å². The van der Waals surface area contributed by atoms with E-state index in [1.54, 1.807) is 43.3 Å². The highest BCUT2D eigenvalue weighted by atomic mass is 32.2. The number of halogens is 1. The van der Waals surface area contributed by atoms with Crippen molar-refractivity contribution in [2.24, 2.45) is 0 Å². The molecule has 10 heteroatoms. The summed E-state index contributed by atoms with van der Waals surface area (Å²) in [6.45, 7) is 7.79. The predicted octanol–water partition coefficient (Wildman–Crippen LogP) is 3.89. The minimum Gasteiger partial charge on any atom is -0.379 e. The second-order valence-electron chi connectivity index (χ2n) is 10.1. The van der Waals surface area contributed by atoms with Gasteiger partial charge in [-0.1, -0.05) is 24.3 Å². The highest BCUT2D eigenvalue weighted by molar-refractivity contribution is 7.89. The van der Waals surface area contributed by atoms with Crippen molar-refractivity contribution < 1.29 is 27.1 Å². The molecule has 2 aromatic carbocycles. The van der Waals surface area contributed by atoms with Crippen LogP contribution < -0.4 is 5.32 Å². The van der Waals surface area contributed by atoms with Gasteiger partial charge in [0.2, 0.25) is 21.8 Å². The van der Waals surface area contributed by atoms with E-state index in [2.05, 4.69) is 5.32 Å². The lowest BCUT2D eigenvalue weighted by Crippen LogP contribution is -2.48. The maximum Gasteiger partial charge on any atom is 0.243 e. The van der Waals surface area contributed by atoms with E-state index in [4.69, 9.17) is 4.74 Å². The number of amides is 2. The Morgan fingerprint density at radius 1 is 1.00 bits per heavy atom. The van der Waals surface area contributed by atoms with Gasteiger partial charge >= 0.3 is 0 Å². The summed E-state index contributed by atoms with van der Waals surface area (Å²) in [5.74, 6) is -0.869. The van der Waals surface area contributed by atoms with E-state index in [1.807, 2.05) is 13.8 Å². The van der Waals surface area contributed by atoms with Crippen molar-refractivity contribution in [3.05, 3.63) is 65.5 Å². The molecule has 1 fully saturated rings. The predicted molar refractivity (Wildman–Crippen MR) is 148 cm³/mol. The van der Waals surface area contributed by atoms with Crippen molar-refractivity contribution in [1.29, 1.82) is 0 Å². The second kappa shape index (κ2) is 14.5. The third kappa shape index (κ3) is 9.12. The molecule has 1 unspecified atom stereocenters. The van der Waals surface area contributed by atoms with Crippen molar-refractivity contribution in [3.8, 4) is 0 Å². The first kappa shape index (κ1) is 30.7. The molecular weight excluding hydrogens is 521 g/mol. The van der Waals surface area contributed by atoms with E-state index in [-0.39, 0.29) is 41.6 Å². The first-order chi connectivity index (χ1) is 18.6. The molecule has 1 heterocycles. The molecule has 0 spiro atoms. The van der Waals surface area contributed by atoms with Crippen LogP contribution in [-0.2, 0) is 37.3 Å². The topological polar surface area (TPSA) is 96.0 Å². The van der Waals surface area contributed by atoms with Crippen LogP contribution in [0.2, 0.25) is 0 Å². The molecule has 1 aliphatic heterocycles. The van der Waals surface area contributed by atoms with Crippen molar-refractivity contribution in [3.63, 3.8) is 0 Å². The van der Waals surface area contributed by atoms with Crippen LogP contribution in [0.4, 0.5) is 4.39 Å². The maximum atomic E-state index is 13.4. The highest BCUT2D eigenvalue weighted by Crippen LogP contribution is 2.22. The molecular formula is C29H40FN3O5S. The second-order valence-corrected chi connectivity index (χ2v) is 12.1. The SMILES string of the molecule is CC(C)OCCCNC(=O)C(C)N(Cc1ccc(F)cc1)C(=O)CCc1ccc(S(=O)(=O)N2CCCC2)cc1. The summed E-state index contributed by atoms with van der Waals surface area (Å²) in [5, 5.41) is 2.87. The summed E-state index contributed by atoms with van der Waals surface area (Å²) in [7, 11) is -3.50. The smallest absolute Gasteiger partial charge is 0.243 e. The Balaban J connectivity index is 1.63. The molecule has 2 amide bonds. The van der Waals surface area contributed by atoms with Crippen molar-refractivity contribution >= 4 is 21.8 Å². The summed E-state index contributed by atoms with van der Waals surface area (Å²) < 4.78 is 46.0. The van der Waals surface area contributed by atoms with Crippen LogP contribution in [-0.4, -0.2) is 67.8 Å². The van der Waals surface area contributed by atoms with Crippen molar-refractivity contribution in [2.75, 3.05) is 26.2 Å². The van der Waals surface area contributed by atoms with E-state index in [1.165, 1.54) is 21.3 Å². The zero-order chi connectivity index (χ0) is 28.4. The van der Waals surface area contributed by atoms with E-state index in [0.717, 1.165) is 18.4 Å².